The predicted molar refractivity (Wildman–Crippen MR) is 86.7 cm³/mol. The van der Waals surface area contributed by atoms with Crippen molar-refractivity contribution in [2.45, 2.75) is 38.9 Å². The van der Waals surface area contributed by atoms with Crippen molar-refractivity contribution in [3.05, 3.63) is 30.0 Å². The third kappa shape index (κ3) is 2.85. The molecule has 1 aromatic carbocycles. The van der Waals surface area contributed by atoms with Gasteiger partial charge in [0.15, 0.2) is 0 Å². The zero-order valence-corrected chi connectivity index (χ0v) is 13.3. The van der Waals surface area contributed by atoms with Crippen LogP contribution in [0.15, 0.2) is 24.4 Å². The zero-order valence-electron chi connectivity index (χ0n) is 13.3. The maximum Gasteiger partial charge on any atom is 0.224 e. The highest BCUT2D eigenvalue weighted by molar-refractivity contribution is 5.94. The normalized spacial score (nSPS) is 20.4. The van der Waals surface area contributed by atoms with Gasteiger partial charge in [-0.05, 0) is 31.0 Å². The number of amides is 1. The van der Waals surface area contributed by atoms with E-state index in [0.717, 1.165) is 28.9 Å². The van der Waals surface area contributed by atoms with E-state index in [-0.39, 0.29) is 24.6 Å². The van der Waals surface area contributed by atoms with Crippen LogP contribution in [-0.4, -0.2) is 38.7 Å². The number of aromatic nitrogens is 3. The van der Waals surface area contributed by atoms with Crippen molar-refractivity contribution in [2.24, 2.45) is 5.73 Å². The molecule has 122 valence electrons. The van der Waals surface area contributed by atoms with Crippen molar-refractivity contribution in [1.82, 2.24) is 15.0 Å². The summed E-state index contributed by atoms with van der Waals surface area (Å²) in [4.78, 5) is 13.7. The summed E-state index contributed by atoms with van der Waals surface area (Å²) in [7, 11) is 0. The van der Waals surface area contributed by atoms with E-state index < -0.39 is 0 Å². The number of rotatable bonds is 3. The second kappa shape index (κ2) is 6.10. The number of nitrogens with zero attached hydrogens (tertiary/aromatic N) is 4. The van der Waals surface area contributed by atoms with E-state index >= 15 is 0 Å². The quantitative estimate of drug-likeness (QED) is 0.883. The average Bonchev–Trinajstić information content (AvgIpc) is 2.95. The summed E-state index contributed by atoms with van der Waals surface area (Å²) >= 11 is 0. The minimum Gasteiger partial charge on any atom is -0.394 e. The van der Waals surface area contributed by atoms with E-state index in [1.54, 1.807) is 22.7 Å². The predicted octanol–water partition coefficient (Wildman–Crippen LogP) is 1.08. The molecule has 0 aliphatic carbocycles. The Morgan fingerprint density at radius 1 is 1.48 bits per heavy atom. The molecule has 0 radical (unpaired) electrons. The van der Waals surface area contributed by atoms with Crippen LogP contribution < -0.4 is 10.6 Å². The van der Waals surface area contributed by atoms with Crippen LogP contribution in [0.3, 0.4) is 0 Å². The van der Waals surface area contributed by atoms with Crippen LogP contribution in [0.5, 0.6) is 0 Å². The highest BCUT2D eigenvalue weighted by Gasteiger charge is 2.30. The van der Waals surface area contributed by atoms with E-state index in [9.17, 15) is 4.79 Å². The lowest BCUT2D eigenvalue weighted by atomic mass is 9.90. The minimum atomic E-state index is -0.108. The Kier molecular flexibility index (Phi) is 4.14. The van der Waals surface area contributed by atoms with E-state index in [1.807, 2.05) is 25.1 Å². The molecule has 7 heteroatoms. The van der Waals surface area contributed by atoms with Gasteiger partial charge in [-0.1, -0.05) is 11.3 Å². The fourth-order valence-electron chi connectivity index (χ4n) is 3.19. The van der Waals surface area contributed by atoms with Crippen LogP contribution in [0.25, 0.3) is 11.3 Å². The van der Waals surface area contributed by atoms with E-state index in [0.29, 0.717) is 6.54 Å². The van der Waals surface area contributed by atoms with Gasteiger partial charge < -0.3 is 15.7 Å². The van der Waals surface area contributed by atoms with Gasteiger partial charge >= 0.3 is 0 Å². The number of benzene rings is 1. The highest BCUT2D eigenvalue weighted by atomic mass is 16.3. The maximum absolute atomic E-state index is 11.9. The first-order chi connectivity index (χ1) is 11.0. The van der Waals surface area contributed by atoms with Gasteiger partial charge in [0, 0.05) is 30.3 Å². The van der Waals surface area contributed by atoms with Gasteiger partial charge in [-0.25, -0.2) is 4.68 Å². The Hall–Kier alpha value is -2.25. The molecule has 0 saturated heterocycles. The lowest BCUT2D eigenvalue weighted by Crippen LogP contribution is -2.43. The fraction of sp³-hybridized carbons (Fsp3) is 0.438. The first-order valence-electron chi connectivity index (χ1n) is 7.72. The summed E-state index contributed by atoms with van der Waals surface area (Å²) < 4.78 is 1.60. The molecule has 3 N–H and O–H groups in total. The molecule has 0 fully saturated rings. The van der Waals surface area contributed by atoms with Gasteiger partial charge in [0.2, 0.25) is 5.91 Å². The summed E-state index contributed by atoms with van der Waals surface area (Å²) in [5, 5.41) is 17.1. The Bertz CT molecular complexity index is 727. The standard InChI is InChI=1S/C16H21N5O2/c1-10-7-14(17)13-8-12(3-4-16(13)21(10)11(2)23)15-9-20(5-6-22)19-18-15/h3-4,8-10,14,22H,5-7,17H2,1-2H3/t10-,14+/m0/s1. The van der Waals surface area contributed by atoms with Crippen LogP contribution in [0.2, 0.25) is 0 Å². The fourth-order valence-corrected chi connectivity index (χ4v) is 3.19. The number of anilines is 1. The number of carbonyl (C=O) groups excluding carboxylic acids is 1. The van der Waals surface area contributed by atoms with Gasteiger partial charge in [0.25, 0.3) is 0 Å². The SMILES string of the molecule is CC(=O)N1c2ccc(-c3cn(CCO)nn3)cc2[C@H](N)C[C@@H]1C. The van der Waals surface area contributed by atoms with Gasteiger partial charge in [-0.3, -0.25) is 4.79 Å². The van der Waals surface area contributed by atoms with Crippen LogP contribution >= 0.6 is 0 Å². The van der Waals surface area contributed by atoms with Crippen molar-refractivity contribution in [1.29, 1.82) is 0 Å². The number of fused-ring (bicyclic) bond motifs is 1. The molecule has 0 bridgehead atoms. The smallest absolute Gasteiger partial charge is 0.224 e. The number of carbonyl (C=O) groups is 1. The third-order valence-corrected chi connectivity index (χ3v) is 4.23. The van der Waals surface area contributed by atoms with Crippen LogP contribution in [0.4, 0.5) is 5.69 Å². The summed E-state index contributed by atoms with van der Waals surface area (Å²) in [5.74, 6) is 0.0206. The Morgan fingerprint density at radius 3 is 2.96 bits per heavy atom. The first kappa shape index (κ1) is 15.6. The lowest BCUT2D eigenvalue weighted by molar-refractivity contribution is -0.117. The van der Waals surface area contributed by atoms with Gasteiger partial charge in [0.05, 0.1) is 19.3 Å². The summed E-state index contributed by atoms with van der Waals surface area (Å²) in [6.07, 6.45) is 2.52. The second-order valence-electron chi connectivity index (χ2n) is 5.94. The zero-order chi connectivity index (χ0) is 16.6. The number of hydrogen-bond acceptors (Lipinski definition) is 5. The molecule has 1 aromatic heterocycles. The van der Waals surface area contributed by atoms with Crippen molar-refractivity contribution < 1.29 is 9.90 Å². The Morgan fingerprint density at radius 2 is 2.26 bits per heavy atom. The number of aliphatic hydroxyl groups is 1. The Balaban J connectivity index is 2.00. The van der Waals surface area contributed by atoms with Crippen LogP contribution in [0, 0.1) is 0 Å². The molecule has 1 aliphatic heterocycles. The molecule has 0 unspecified atom stereocenters. The van der Waals surface area contributed by atoms with E-state index in [4.69, 9.17) is 10.8 Å². The summed E-state index contributed by atoms with van der Waals surface area (Å²) in [5.41, 5.74) is 9.74. The number of hydrogen-bond donors (Lipinski definition) is 2. The van der Waals surface area contributed by atoms with Crippen molar-refractivity contribution in [3.8, 4) is 11.3 Å². The van der Waals surface area contributed by atoms with E-state index in [2.05, 4.69) is 10.3 Å². The molecule has 2 atom stereocenters. The van der Waals surface area contributed by atoms with Crippen molar-refractivity contribution in [2.75, 3.05) is 11.5 Å². The molecule has 0 spiro atoms. The molecule has 0 saturated carbocycles. The molecule has 2 aromatic rings. The van der Waals surface area contributed by atoms with Gasteiger partial charge in [-0.2, -0.15) is 0 Å². The highest BCUT2D eigenvalue weighted by Crippen LogP contribution is 2.38. The molecule has 2 heterocycles. The van der Waals surface area contributed by atoms with Gasteiger partial charge in [0.1, 0.15) is 5.69 Å². The van der Waals surface area contributed by atoms with Crippen LogP contribution in [0.1, 0.15) is 31.9 Å². The number of aliphatic hydroxyl groups excluding tert-OH is 1. The molecule has 3 rings (SSSR count). The van der Waals surface area contributed by atoms with Crippen molar-refractivity contribution >= 4 is 11.6 Å². The van der Waals surface area contributed by atoms with Gasteiger partial charge in [-0.15, -0.1) is 5.10 Å². The molecular weight excluding hydrogens is 294 g/mol. The first-order valence-corrected chi connectivity index (χ1v) is 7.72. The number of nitrogens with two attached hydrogens (primary N) is 1. The lowest BCUT2D eigenvalue weighted by Gasteiger charge is -2.37. The average molecular weight is 315 g/mol. The van der Waals surface area contributed by atoms with Crippen LogP contribution in [-0.2, 0) is 11.3 Å². The monoisotopic (exact) mass is 315 g/mol. The topological polar surface area (TPSA) is 97.3 Å². The van der Waals surface area contributed by atoms with E-state index in [1.165, 1.54) is 0 Å². The largest absolute Gasteiger partial charge is 0.394 e. The Labute approximate surface area is 134 Å². The molecule has 7 nitrogen and oxygen atoms in total. The third-order valence-electron chi connectivity index (χ3n) is 4.23. The van der Waals surface area contributed by atoms with Crippen molar-refractivity contribution in [3.63, 3.8) is 0 Å². The summed E-state index contributed by atoms with van der Waals surface area (Å²) in [6, 6.07) is 5.81. The molecular formula is C16H21N5O2. The second-order valence-corrected chi connectivity index (χ2v) is 5.94. The maximum atomic E-state index is 11.9. The molecule has 1 aliphatic rings. The minimum absolute atomic E-state index is 0.0172. The molecule has 23 heavy (non-hydrogen) atoms. The summed E-state index contributed by atoms with van der Waals surface area (Å²) in [6.45, 7) is 4.01. The molecule has 1 amide bonds.